The Labute approximate surface area is 180 Å². The Bertz CT molecular complexity index is 1240. The van der Waals surface area contributed by atoms with E-state index in [1.54, 1.807) is 6.07 Å². The number of anilines is 1. The van der Waals surface area contributed by atoms with Crippen LogP contribution in [0, 0.1) is 18.3 Å². The second-order valence-corrected chi connectivity index (χ2v) is 6.96. The number of nitriles is 1. The summed E-state index contributed by atoms with van der Waals surface area (Å²) in [6.45, 7) is 1.71. The zero-order chi connectivity index (χ0) is 21.6. The largest absolute Gasteiger partial charge is 0.483 e. The van der Waals surface area contributed by atoms with E-state index in [1.165, 1.54) is 0 Å². The van der Waals surface area contributed by atoms with Crippen LogP contribution in [-0.2, 0) is 4.79 Å². The second-order valence-electron chi connectivity index (χ2n) is 6.96. The number of hydrogen-bond acceptors (Lipinski definition) is 4. The zero-order valence-electron chi connectivity index (χ0n) is 17.0. The molecule has 0 aliphatic carbocycles. The monoisotopic (exact) mass is 408 g/mol. The first-order valence-electron chi connectivity index (χ1n) is 9.83. The van der Waals surface area contributed by atoms with E-state index in [1.807, 2.05) is 85.8 Å². The van der Waals surface area contributed by atoms with Gasteiger partial charge in [0, 0.05) is 11.1 Å². The van der Waals surface area contributed by atoms with Crippen LogP contribution in [0.2, 0.25) is 0 Å². The van der Waals surface area contributed by atoms with Crippen molar-refractivity contribution in [3.05, 3.63) is 96.1 Å². The van der Waals surface area contributed by atoms with E-state index in [-0.39, 0.29) is 18.1 Å². The fourth-order valence-corrected chi connectivity index (χ4v) is 3.32. The molecule has 1 aromatic heterocycles. The fourth-order valence-electron chi connectivity index (χ4n) is 3.32. The van der Waals surface area contributed by atoms with E-state index in [4.69, 9.17) is 9.15 Å². The van der Waals surface area contributed by atoms with Crippen molar-refractivity contribution in [3.8, 4) is 34.3 Å². The molecule has 0 spiro atoms. The van der Waals surface area contributed by atoms with Gasteiger partial charge in [-0.3, -0.25) is 10.1 Å². The highest BCUT2D eigenvalue weighted by Crippen LogP contribution is 2.41. The van der Waals surface area contributed by atoms with Crippen LogP contribution in [0.3, 0.4) is 0 Å². The number of hydrogen-bond donors (Lipinski definition) is 1. The summed E-state index contributed by atoms with van der Waals surface area (Å²) in [4.78, 5) is 12.6. The van der Waals surface area contributed by atoms with Crippen LogP contribution in [0.15, 0.2) is 89.3 Å². The minimum absolute atomic E-state index is 0.110. The highest BCUT2D eigenvalue weighted by molar-refractivity contribution is 5.96. The fraction of sp³-hybridized carbons (Fsp3) is 0.0769. The molecular formula is C26H20N2O3. The lowest BCUT2D eigenvalue weighted by atomic mass is 9.98. The van der Waals surface area contributed by atoms with Gasteiger partial charge in [-0.1, -0.05) is 78.9 Å². The lowest BCUT2D eigenvalue weighted by Gasteiger charge is -2.08. The minimum atomic E-state index is -0.410. The molecule has 0 aliphatic heterocycles. The highest BCUT2D eigenvalue weighted by atomic mass is 16.5. The van der Waals surface area contributed by atoms with Gasteiger partial charge in [-0.15, -0.1) is 0 Å². The van der Waals surface area contributed by atoms with Crippen molar-refractivity contribution in [2.75, 3.05) is 11.9 Å². The van der Waals surface area contributed by atoms with Crippen LogP contribution in [-0.4, -0.2) is 12.5 Å². The number of ether oxygens (including phenoxy) is 1. The smallest absolute Gasteiger partial charge is 0.264 e. The maximum Gasteiger partial charge on any atom is 0.264 e. The maximum atomic E-state index is 12.6. The first-order valence-corrected chi connectivity index (χ1v) is 9.83. The molecular weight excluding hydrogens is 388 g/mol. The summed E-state index contributed by atoms with van der Waals surface area (Å²) in [7, 11) is 0. The Kier molecular flexibility index (Phi) is 5.82. The SMILES string of the molecule is Cc1ccccc1OCC(=O)Nc1oc(-c2ccccc2)c(-c2ccccc2)c1C#N. The van der Waals surface area contributed by atoms with Gasteiger partial charge in [0.2, 0.25) is 5.88 Å². The van der Waals surface area contributed by atoms with Gasteiger partial charge in [-0.25, -0.2) is 0 Å². The molecule has 0 aliphatic rings. The number of carbonyl (C=O) groups excluding carboxylic acids is 1. The third-order valence-corrected chi connectivity index (χ3v) is 4.82. The minimum Gasteiger partial charge on any atom is -0.483 e. The molecule has 0 unspecified atom stereocenters. The molecule has 5 heteroatoms. The van der Waals surface area contributed by atoms with Gasteiger partial charge in [0.15, 0.2) is 6.61 Å². The normalized spacial score (nSPS) is 10.3. The van der Waals surface area contributed by atoms with Crippen LogP contribution in [0.25, 0.3) is 22.5 Å². The predicted molar refractivity (Wildman–Crippen MR) is 120 cm³/mol. The number of furan rings is 1. The molecule has 0 bridgehead atoms. The molecule has 1 N–H and O–H groups in total. The number of aryl methyl sites for hydroxylation is 1. The van der Waals surface area contributed by atoms with E-state index in [2.05, 4.69) is 11.4 Å². The number of para-hydroxylation sites is 1. The van der Waals surface area contributed by atoms with Crippen LogP contribution < -0.4 is 10.1 Å². The lowest BCUT2D eigenvalue weighted by molar-refractivity contribution is -0.118. The average molecular weight is 408 g/mol. The first kappa shape index (κ1) is 20.0. The lowest BCUT2D eigenvalue weighted by Crippen LogP contribution is -2.20. The first-order chi connectivity index (χ1) is 15.2. The Morgan fingerprint density at radius 3 is 2.19 bits per heavy atom. The molecule has 4 rings (SSSR count). The van der Waals surface area contributed by atoms with E-state index >= 15 is 0 Å². The van der Waals surface area contributed by atoms with Crippen molar-refractivity contribution < 1.29 is 13.9 Å². The second kappa shape index (κ2) is 9.02. The molecule has 0 saturated carbocycles. The van der Waals surface area contributed by atoms with Crippen molar-refractivity contribution >= 4 is 11.8 Å². The summed E-state index contributed by atoms with van der Waals surface area (Å²) < 4.78 is 11.6. The number of nitrogens with one attached hydrogen (secondary N) is 1. The van der Waals surface area contributed by atoms with Gasteiger partial charge < -0.3 is 9.15 Å². The van der Waals surface area contributed by atoms with Crippen LogP contribution >= 0.6 is 0 Å². The molecule has 0 saturated heterocycles. The number of benzene rings is 3. The van der Waals surface area contributed by atoms with E-state index in [9.17, 15) is 10.1 Å². The van der Waals surface area contributed by atoms with E-state index < -0.39 is 5.91 Å². The van der Waals surface area contributed by atoms with E-state index in [0.717, 1.165) is 16.7 Å². The molecule has 0 atom stereocenters. The highest BCUT2D eigenvalue weighted by Gasteiger charge is 2.24. The molecule has 1 heterocycles. The Balaban J connectivity index is 1.67. The van der Waals surface area contributed by atoms with Gasteiger partial charge in [0.1, 0.15) is 23.1 Å². The van der Waals surface area contributed by atoms with Crippen molar-refractivity contribution in [3.63, 3.8) is 0 Å². The standard InChI is InChI=1S/C26H20N2O3/c1-18-10-8-9-15-22(18)30-17-23(29)28-26-21(16-27)24(19-11-4-2-5-12-19)25(31-26)20-13-6-3-7-14-20/h2-15H,17H2,1H3,(H,28,29). The number of carbonyl (C=O) groups is 1. The number of nitrogens with zero attached hydrogens (tertiary/aromatic N) is 1. The molecule has 31 heavy (non-hydrogen) atoms. The molecule has 3 aromatic carbocycles. The Morgan fingerprint density at radius 2 is 1.55 bits per heavy atom. The molecule has 0 fully saturated rings. The third-order valence-electron chi connectivity index (χ3n) is 4.82. The quantitative estimate of drug-likeness (QED) is 0.437. The van der Waals surface area contributed by atoms with Gasteiger partial charge in [0.25, 0.3) is 5.91 Å². The topological polar surface area (TPSA) is 75.3 Å². The molecule has 152 valence electrons. The van der Waals surface area contributed by atoms with Crippen molar-refractivity contribution in [2.24, 2.45) is 0 Å². The van der Waals surface area contributed by atoms with Crippen molar-refractivity contribution in [2.45, 2.75) is 6.92 Å². The Hall–Kier alpha value is -4.30. The average Bonchev–Trinajstić information content (AvgIpc) is 3.17. The van der Waals surface area contributed by atoms with Crippen LogP contribution in [0.1, 0.15) is 11.1 Å². The summed E-state index contributed by atoms with van der Waals surface area (Å²) in [6.07, 6.45) is 0. The van der Waals surface area contributed by atoms with Crippen molar-refractivity contribution in [1.82, 2.24) is 0 Å². The molecule has 5 nitrogen and oxygen atoms in total. The third kappa shape index (κ3) is 4.34. The number of rotatable bonds is 6. The predicted octanol–water partition coefficient (Wildman–Crippen LogP) is 5.81. The van der Waals surface area contributed by atoms with Gasteiger partial charge in [0.05, 0.1) is 0 Å². The summed E-state index contributed by atoms with van der Waals surface area (Å²) in [5, 5.41) is 12.6. The van der Waals surface area contributed by atoms with Crippen LogP contribution in [0.4, 0.5) is 5.88 Å². The summed E-state index contributed by atoms with van der Waals surface area (Å²) in [5.41, 5.74) is 3.50. The van der Waals surface area contributed by atoms with Gasteiger partial charge >= 0.3 is 0 Å². The zero-order valence-corrected chi connectivity index (χ0v) is 17.0. The molecule has 4 aromatic rings. The summed E-state index contributed by atoms with van der Waals surface area (Å²) in [6, 6.07) is 28.7. The summed E-state index contributed by atoms with van der Waals surface area (Å²) in [5.74, 6) is 0.859. The van der Waals surface area contributed by atoms with Crippen LogP contribution in [0.5, 0.6) is 5.75 Å². The molecule has 1 amide bonds. The van der Waals surface area contributed by atoms with Crippen molar-refractivity contribution in [1.29, 1.82) is 5.26 Å². The van der Waals surface area contributed by atoms with Gasteiger partial charge in [-0.05, 0) is 24.1 Å². The van der Waals surface area contributed by atoms with E-state index in [0.29, 0.717) is 17.1 Å². The Morgan fingerprint density at radius 1 is 0.935 bits per heavy atom. The maximum absolute atomic E-state index is 12.6. The van der Waals surface area contributed by atoms with Gasteiger partial charge in [-0.2, -0.15) is 5.26 Å². The number of amides is 1. The summed E-state index contributed by atoms with van der Waals surface area (Å²) >= 11 is 0. The molecule has 0 radical (unpaired) electrons.